The number of rotatable bonds is 6. The van der Waals surface area contributed by atoms with Crippen LogP contribution in [0.25, 0.3) is 0 Å². The monoisotopic (exact) mass is 392 g/mol. The lowest BCUT2D eigenvalue weighted by Gasteiger charge is -2.28. The van der Waals surface area contributed by atoms with Gasteiger partial charge in [-0.25, -0.2) is 4.31 Å². The molecule has 3 aromatic rings. The number of hydrogen-bond acceptors (Lipinski definition) is 3. The van der Waals surface area contributed by atoms with Crippen molar-refractivity contribution >= 4 is 23.5 Å². The molecule has 2 heterocycles. The number of carbonyl (C=O) groups is 1. The fraction of sp³-hybridized carbons (Fsp3) is 0.261. The standard InChI is InChI=1S/C23H24N2O2S/c26-23(20-12-16-27-17-13-20)25(21-6-2-1-3-7-21)28-22-10-8-19(9-11-22)18-24-14-4-5-15-24/h1-11,14-15,20H,12-13,16-18H2. The minimum atomic E-state index is 0.0227. The van der Waals surface area contributed by atoms with Crippen LogP contribution in [0.5, 0.6) is 0 Å². The van der Waals surface area contributed by atoms with E-state index in [1.54, 1.807) is 0 Å². The lowest BCUT2D eigenvalue weighted by atomic mass is 9.99. The molecule has 0 saturated carbocycles. The van der Waals surface area contributed by atoms with Gasteiger partial charge in [0.15, 0.2) is 0 Å². The number of carbonyl (C=O) groups excluding carboxylic acids is 1. The van der Waals surface area contributed by atoms with Gasteiger partial charge in [0.25, 0.3) is 0 Å². The first-order chi connectivity index (χ1) is 13.8. The molecule has 1 saturated heterocycles. The van der Waals surface area contributed by atoms with Gasteiger partial charge in [0.2, 0.25) is 5.91 Å². The van der Waals surface area contributed by atoms with E-state index in [1.807, 2.05) is 46.8 Å². The molecule has 144 valence electrons. The van der Waals surface area contributed by atoms with Crippen LogP contribution >= 0.6 is 11.9 Å². The molecule has 1 aliphatic rings. The molecule has 1 aliphatic heterocycles. The van der Waals surface area contributed by atoms with Crippen molar-refractivity contribution in [1.82, 2.24) is 4.57 Å². The predicted octanol–water partition coefficient (Wildman–Crippen LogP) is 5.00. The Labute approximate surface area is 170 Å². The average molecular weight is 393 g/mol. The van der Waals surface area contributed by atoms with E-state index in [0.717, 1.165) is 30.0 Å². The first-order valence-electron chi connectivity index (χ1n) is 9.64. The molecule has 1 aromatic heterocycles. The maximum Gasteiger partial charge on any atom is 0.240 e. The van der Waals surface area contributed by atoms with Crippen molar-refractivity contribution in [3.63, 3.8) is 0 Å². The summed E-state index contributed by atoms with van der Waals surface area (Å²) in [5.41, 5.74) is 2.16. The Hall–Kier alpha value is -2.50. The average Bonchev–Trinajstić information content (AvgIpc) is 3.27. The van der Waals surface area contributed by atoms with Crippen molar-refractivity contribution in [2.24, 2.45) is 5.92 Å². The molecule has 0 unspecified atom stereocenters. The second-order valence-electron chi connectivity index (χ2n) is 6.95. The van der Waals surface area contributed by atoms with Crippen molar-refractivity contribution < 1.29 is 9.53 Å². The van der Waals surface area contributed by atoms with Crippen LogP contribution in [0.15, 0.2) is 84.0 Å². The SMILES string of the molecule is O=C(C1CCOCC1)N(Sc1ccc(Cn2cccc2)cc1)c1ccccc1. The van der Waals surface area contributed by atoms with E-state index < -0.39 is 0 Å². The zero-order chi connectivity index (χ0) is 19.2. The molecule has 0 aliphatic carbocycles. The highest BCUT2D eigenvalue weighted by Crippen LogP contribution is 2.32. The van der Waals surface area contributed by atoms with Crippen LogP contribution in [0.2, 0.25) is 0 Å². The van der Waals surface area contributed by atoms with Crippen LogP contribution in [0, 0.1) is 5.92 Å². The lowest BCUT2D eigenvalue weighted by Crippen LogP contribution is -2.34. The summed E-state index contributed by atoms with van der Waals surface area (Å²) >= 11 is 1.50. The molecule has 4 nitrogen and oxygen atoms in total. The molecule has 0 atom stereocenters. The second-order valence-corrected chi connectivity index (χ2v) is 7.96. The van der Waals surface area contributed by atoms with Gasteiger partial charge in [0, 0.05) is 43.0 Å². The normalized spacial score (nSPS) is 14.7. The van der Waals surface area contributed by atoms with Gasteiger partial charge >= 0.3 is 0 Å². The van der Waals surface area contributed by atoms with Crippen LogP contribution in [-0.2, 0) is 16.1 Å². The van der Waals surface area contributed by atoms with Crippen LogP contribution in [-0.4, -0.2) is 23.7 Å². The molecular formula is C23H24N2O2S. The van der Waals surface area contributed by atoms with E-state index in [0.29, 0.717) is 13.2 Å². The van der Waals surface area contributed by atoms with Gasteiger partial charge < -0.3 is 9.30 Å². The highest BCUT2D eigenvalue weighted by molar-refractivity contribution is 8.01. The maximum atomic E-state index is 13.2. The molecule has 28 heavy (non-hydrogen) atoms. The minimum Gasteiger partial charge on any atom is -0.381 e. The summed E-state index contributed by atoms with van der Waals surface area (Å²) in [5, 5.41) is 0. The van der Waals surface area contributed by atoms with Crippen LogP contribution in [0.4, 0.5) is 5.69 Å². The topological polar surface area (TPSA) is 34.5 Å². The zero-order valence-corrected chi connectivity index (χ0v) is 16.6. The highest BCUT2D eigenvalue weighted by atomic mass is 32.2. The van der Waals surface area contributed by atoms with E-state index in [1.165, 1.54) is 17.5 Å². The molecule has 2 aromatic carbocycles. The van der Waals surface area contributed by atoms with Crippen LogP contribution in [0.3, 0.4) is 0 Å². The van der Waals surface area contributed by atoms with Crippen LogP contribution in [0.1, 0.15) is 18.4 Å². The second kappa shape index (κ2) is 9.13. The van der Waals surface area contributed by atoms with E-state index >= 15 is 0 Å². The van der Waals surface area contributed by atoms with E-state index in [-0.39, 0.29) is 11.8 Å². The van der Waals surface area contributed by atoms with Gasteiger partial charge in [0.1, 0.15) is 0 Å². The zero-order valence-electron chi connectivity index (χ0n) is 15.7. The Morgan fingerprint density at radius 2 is 1.64 bits per heavy atom. The molecule has 5 heteroatoms. The number of anilines is 1. The largest absolute Gasteiger partial charge is 0.381 e. The van der Waals surface area contributed by atoms with Gasteiger partial charge in [-0.05, 0) is 66.8 Å². The number of hydrogen-bond donors (Lipinski definition) is 0. The van der Waals surface area contributed by atoms with Crippen molar-refractivity contribution in [2.75, 3.05) is 17.5 Å². The number of ether oxygens (including phenoxy) is 1. The molecule has 0 spiro atoms. The minimum absolute atomic E-state index is 0.0227. The Morgan fingerprint density at radius 1 is 0.964 bits per heavy atom. The summed E-state index contributed by atoms with van der Waals surface area (Å²) in [4.78, 5) is 14.3. The fourth-order valence-corrected chi connectivity index (χ4v) is 4.28. The van der Waals surface area contributed by atoms with Gasteiger partial charge in [-0.15, -0.1) is 0 Å². The third-order valence-electron chi connectivity index (χ3n) is 4.91. The predicted molar refractivity (Wildman–Crippen MR) is 113 cm³/mol. The molecule has 1 amide bonds. The summed E-state index contributed by atoms with van der Waals surface area (Å²) in [7, 11) is 0. The van der Waals surface area contributed by atoms with Crippen molar-refractivity contribution in [1.29, 1.82) is 0 Å². The lowest BCUT2D eigenvalue weighted by molar-refractivity contribution is -0.123. The van der Waals surface area contributed by atoms with E-state index in [9.17, 15) is 4.79 Å². The quantitative estimate of drug-likeness (QED) is 0.554. The summed E-state index contributed by atoms with van der Waals surface area (Å²) in [6, 6.07) is 22.4. The highest BCUT2D eigenvalue weighted by Gasteiger charge is 2.28. The molecule has 0 N–H and O–H groups in total. The van der Waals surface area contributed by atoms with Gasteiger partial charge in [-0.2, -0.15) is 0 Å². The fourth-order valence-electron chi connectivity index (χ4n) is 3.35. The number of nitrogens with zero attached hydrogens (tertiary/aromatic N) is 2. The summed E-state index contributed by atoms with van der Waals surface area (Å²) in [6.45, 7) is 2.18. The molecule has 1 fully saturated rings. The number of benzene rings is 2. The molecular weight excluding hydrogens is 368 g/mol. The van der Waals surface area contributed by atoms with Gasteiger partial charge in [0.05, 0.1) is 5.69 Å². The van der Waals surface area contributed by atoms with E-state index in [4.69, 9.17) is 4.74 Å². The Morgan fingerprint density at radius 3 is 2.32 bits per heavy atom. The Bertz CT molecular complexity index is 873. The molecule has 0 radical (unpaired) electrons. The third kappa shape index (κ3) is 4.66. The Balaban J connectivity index is 1.51. The Kier molecular flexibility index (Phi) is 6.14. The van der Waals surface area contributed by atoms with Crippen molar-refractivity contribution in [3.8, 4) is 0 Å². The summed E-state index contributed by atoms with van der Waals surface area (Å²) in [5.74, 6) is 0.186. The number of aromatic nitrogens is 1. The van der Waals surface area contributed by atoms with Crippen molar-refractivity contribution in [2.45, 2.75) is 24.3 Å². The maximum absolute atomic E-state index is 13.2. The van der Waals surface area contributed by atoms with E-state index in [2.05, 4.69) is 41.2 Å². The molecule has 0 bridgehead atoms. The number of amides is 1. The van der Waals surface area contributed by atoms with Gasteiger partial charge in [-0.3, -0.25) is 4.79 Å². The summed E-state index contributed by atoms with van der Waals surface area (Å²) < 4.78 is 9.42. The first-order valence-corrected chi connectivity index (χ1v) is 10.4. The van der Waals surface area contributed by atoms with Crippen molar-refractivity contribution in [3.05, 3.63) is 84.7 Å². The number of para-hydroxylation sites is 1. The summed E-state index contributed by atoms with van der Waals surface area (Å²) in [6.07, 6.45) is 5.70. The molecule has 4 rings (SSSR count). The smallest absolute Gasteiger partial charge is 0.240 e. The first kappa shape index (κ1) is 18.8. The van der Waals surface area contributed by atoms with Crippen LogP contribution < -0.4 is 4.31 Å². The third-order valence-corrected chi connectivity index (χ3v) is 5.97. The van der Waals surface area contributed by atoms with Gasteiger partial charge in [-0.1, -0.05) is 30.3 Å².